The van der Waals surface area contributed by atoms with Gasteiger partial charge in [-0.3, -0.25) is 4.98 Å². The molecule has 0 fully saturated rings. The van der Waals surface area contributed by atoms with Crippen molar-refractivity contribution in [3.8, 4) is 0 Å². The van der Waals surface area contributed by atoms with E-state index in [4.69, 9.17) is 0 Å². The summed E-state index contributed by atoms with van der Waals surface area (Å²) in [4.78, 5) is 15.6. The van der Waals surface area contributed by atoms with Gasteiger partial charge in [0.2, 0.25) is 0 Å². The van der Waals surface area contributed by atoms with Crippen LogP contribution in [0.25, 0.3) is 0 Å². The van der Waals surface area contributed by atoms with Crippen LogP contribution in [-0.2, 0) is 6.42 Å². The molecule has 0 bridgehead atoms. The Hall–Kier alpha value is -2.36. The Kier molecular flexibility index (Phi) is 4.50. The van der Waals surface area contributed by atoms with Crippen LogP contribution in [0.5, 0.6) is 0 Å². The van der Waals surface area contributed by atoms with Gasteiger partial charge < -0.3 is 10.6 Å². The van der Waals surface area contributed by atoms with Gasteiger partial charge in [-0.05, 0) is 31.0 Å². The number of rotatable bonds is 4. The highest BCUT2D eigenvalue weighted by atomic mass is 16.2. The molecule has 0 spiro atoms. The number of hydrogen-bond donors (Lipinski definition) is 2. The average molecular weight is 254 g/mol. The van der Waals surface area contributed by atoms with Crippen LogP contribution in [0, 0.1) is 6.92 Å². The van der Waals surface area contributed by atoms with Gasteiger partial charge in [-0.2, -0.15) is 0 Å². The summed E-state index contributed by atoms with van der Waals surface area (Å²) in [5, 5.41) is 5.49. The first-order valence-electron chi connectivity index (χ1n) is 6.08. The van der Waals surface area contributed by atoms with Gasteiger partial charge in [-0.1, -0.05) is 30.3 Å². The van der Waals surface area contributed by atoms with E-state index in [2.05, 4.69) is 22.5 Å². The fraction of sp³-hybridized carbons (Fsp3) is 0.133. The number of aromatic nitrogens is 1. The van der Waals surface area contributed by atoms with E-state index in [0.717, 1.165) is 5.56 Å². The Balaban J connectivity index is 1.82. The largest absolute Gasteiger partial charge is 0.335 e. The number of pyridine rings is 1. The van der Waals surface area contributed by atoms with Gasteiger partial charge in [0.25, 0.3) is 0 Å². The fourth-order valence-corrected chi connectivity index (χ4v) is 1.74. The number of urea groups is 1. The Morgan fingerprint density at radius 1 is 1.21 bits per heavy atom. The highest BCUT2D eigenvalue weighted by Gasteiger charge is 2.08. The maximum atomic E-state index is 11.7. The van der Waals surface area contributed by atoms with Crippen LogP contribution in [0.2, 0.25) is 0 Å². The van der Waals surface area contributed by atoms with Crippen LogP contribution in [0.3, 0.4) is 0 Å². The minimum atomic E-state index is -0.274. The number of amides is 2. The van der Waals surface area contributed by atoms with E-state index in [1.807, 2.05) is 30.3 Å². The minimum absolute atomic E-state index is 0.181. The van der Waals surface area contributed by atoms with E-state index in [-0.39, 0.29) is 12.1 Å². The summed E-state index contributed by atoms with van der Waals surface area (Å²) in [7, 11) is 0. The number of anilines is 1. The molecule has 2 rings (SSSR count). The molecule has 0 aliphatic rings. The van der Waals surface area contributed by atoms with Crippen LogP contribution >= 0.6 is 0 Å². The van der Waals surface area contributed by atoms with E-state index in [9.17, 15) is 4.79 Å². The standard InChI is InChI=1S/C15H16N3O/c1-12(10-13-6-3-2-4-7-13)17-15(19)18-14-8-5-9-16-11-14/h2-9,11-12H,1,10H2,(H2,17,18,19)/t12-/m0/s1. The predicted octanol–water partition coefficient (Wildman–Crippen LogP) is 2.65. The Labute approximate surface area is 112 Å². The van der Waals surface area contributed by atoms with Crippen molar-refractivity contribution in [1.82, 2.24) is 10.3 Å². The first-order chi connectivity index (χ1) is 9.24. The molecule has 1 aromatic heterocycles. The fourth-order valence-electron chi connectivity index (χ4n) is 1.74. The molecule has 97 valence electrons. The van der Waals surface area contributed by atoms with Crippen molar-refractivity contribution >= 4 is 11.7 Å². The SMILES string of the molecule is [CH2][C@@H](Cc1ccccc1)NC(=O)Nc1cccnc1. The second-order valence-corrected chi connectivity index (χ2v) is 4.23. The van der Waals surface area contributed by atoms with Gasteiger partial charge in [-0.25, -0.2) is 4.79 Å². The number of benzene rings is 1. The maximum Gasteiger partial charge on any atom is 0.319 e. The third kappa shape index (κ3) is 4.43. The number of hydrogen-bond acceptors (Lipinski definition) is 2. The summed E-state index contributed by atoms with van der Waals surface area (Å²) in [6, 6.07) is 13.0. The molecule has 1 atom stereocenters. The molecular weight excluding hydrogens is 238 g/mol. The Morgan fingerprint density at radius 3 is 2.68 bits per heavy atom. The topological polar surface area (TPSA) is 54.0 Å². The number of nitrogens with one attached hydrogen (secondary N) is 2. The summed E-state index contributed by atoms with van der Waals surface area (Å²) >= 11 is 0. The van der Waals surface area contributed by atoms with Crippen molar-refractivity contribution < 1.29 is 4.79 Å². The smallest absolute Gasteiger partial charge is 0.319 e. The van der Waals surface area contributed by atoms with E-state index in [1.54, 1.807) is 24.5 Å². The van der Waals surface area contributed by atoms with Crippen LogP contribution < -0.4 is 10.6 Å². The molecule has 2 amide bonds. The van der Waals surface area contributed by atoms with Crippen LogP contribution in [0.15, 0.2) is 54.9 Å². The highest BCUT2D eigenvalue weighted by molar-refractivity contribution is 5.89. The molecule has 0 saturated heterocycles. The number of nitrogens with zero attached hydrogens (tertiary/aromatic N) is 1. The Morgan fingerprint density at radius 2 is 2.00 bits per heavy atom. The van der Waals surface area contributed by atoms with E-state index >= 15 is 0 Å². The monoisotopic (exact) mass is 254 g/mol. The quantitative estimate of drug-likeness (QED) is 0.881. The van der Waals surface area contributed by atoms with Gasteiger partial charge in [0, 0.05) is 12.2 Å². The molecule has 2 aromatic rings. The second-order valence-electron chi connectivity index (χ2n) is 4.23. The van der Waals surface area contributed by atoms with Crippen molar-refractivity contribution in [1.29, 1.82) is 0 Å². The summed E-state index contributed by atoms with van der Waals surface area (Å²) < 4.78 is 0. The molecule has 2 N–H and O–H groups in total. The van der Waals surface area contributed by atoms with E-state index in [0.29, 0.717) is 12.1 Å². The molecule has 0 saturated carbocycles. The summed E-state index contributed by atoms with van der Waals surface area (Å²) in [5.41, 5.74) is 1.80. The molecule has 1 heterocycles. The highest BCUT2D eigenvalue weighted by Crippen LogP contribution is 2.04. The molecule has 0 aliphatic heterocycles. The van der Waals surface area contributed by atoms with Crippen molar-refractivity contribution in [2.75, 3.05) is 5.32 Å². The van der Waals surface area contributed by atoms with E-state index < -0.39 is 0 Å². The normalized spacial score (nSPS) is 11.6. The van der Waals surface area contributed by atoms with Gasteiger partial charge in [0.15, 0.2) is 0 Å². The summed E-state index contributed by atoms with van der Waals surface area (Å²) in [6.07, 6.45) is 3.94. The lowest BCUT2D eigenvalue weighted by atomic mass is 10.1. The summed E-state index contributed by atoms with van der Waals surface area (Å²) in [6.45, 7) is 3.93. The van der Waals surface area contributed by atoms with Crippen LogP contribution in [0.4, 0.5) is 10.5 Å². The first-order valence-corrected chi connectivity index (χ1v) is 6.08. The Bertz CT molecular complexity index is 513. The zero-order valence-corrected chi connectivity index (χ0v) is 10.5. The summed E-state index contributed by atoms with van der Waals surface area (Å²) in [5.74, 6) is 0. The first kappa shape index (κ1) is 13.1. The van der Waals surface area contributed by atoms with Crippen LogP contribution in [0.1, 0.15) is 5.56 Å². The lowest BCUT2D eigenvalue weighted by Crippen LogP contribution is -2.37. The molecular formula is C15H16N3O. The third-order valence-electron chi connectivity index (χ3n) is 2.58. The lowest BCUT2D eigenvalue weighted by molar-refractivity contribution is 0.250. The van der Waals surface area contributed by atoms with Gasteiger partial charge in [0.1, 0.15) is 0 Å². The predicted molar refractivity (Wildman–Crippen MR) is 75.7 cm³/mol. The molecule has 4 nitrogen and oxygen atoms in total. The van der Waals surface area contributed by atoms with Crippen molar-refractivity contribution in [3.63, 3.8) is 0 Å². The van der Waals surface area contributed by atoms with Crippen molar-refractivity contribution in [3.05, 3.63) is 67.3 Å². The van der Waals surface area contributed by atoms with Gasteiger partial charge in [-0.15, -0.1) is 0 Å². The van der Waals surface area contributed by atoms with E-state index in [1.165, 1.54) is 0 Å². The number of carbonyl (C=O) groups is 1. The molecule has 4 heteroatoms. The molecule has 0 unspecified atom stereocenters. The zero-order valence-electron chi connectivity index (χ0n) is 10.5. The van der Waals surface area contributed by atoms with Gasteiger partial charge >= 0.3 is 6.03 Å². The zero-order chi connectivity index (χ0) is 13.5. The second kappa shape index (κ2) is 6.54. The number of carbonyl (C=O) groups excluding carboxylic acids is 1. The minimum Gasteiger partial charge on any atom is -0.335 e. The molecule has 19 heavy (non-hydrogen) atoms. The lowest BCUT2D eigenvalue weighted by Gasteiger charge is -2.14. The van der Waals surface area contributed by atoms with Crippen molar-refractivity contribution in [2.45, 2.75) is 12.5 Å². The molecule has 1 radical (unpaired) electrons. The van der Waals surface area contributed by atoms with Crippen molar-refractivity contribution in [2.24, 2.45) is 0 Å². The van der Waals surface area contributed by atoms with Gasteiger partial charge in [0.05, 0.1) is 11.9 Å². The molecule has 0 aliphatic carbocycles. The maximum absolute atomic E-state index is 11.7. The third-order valence-corrected chi connectivity index (χ3v) is 2.58. The molecule has 1 aromatic carbocycles. The average Bonchev–Trinajstić information content (AvgIpc) is 2.40. The van der Waals surface area contributed by atoms with Crippen LogP contribution in [-0.4, -0.2) is 17.1 Å².